The van der Waals surface area contributed by atoms with Crippen molar-refractivity contribution in [2.24, 2.45) is 5.73 Å². The van der Waals surface area contributed by atoms with Gasteiger partial charge in [0.15, 0.2) is 0 Å². The molecule has 0 unspecified atom stereocenters. The summed E-state index contributed by atoms with van der Waals surface area (Å²) in [6.45, 7) is 4.02. The summed E-state index contributed by atoms with van der Waals surface area (Å²) in [5, 5.41) is 2.03. The predicted molar refractivity (Wildman–Crippen MR) is 83.4 cm³/mol. The van der Waals surface area contributed by atoms with Crippen LogP contribution in [0.4, 0.5) is 10.1 Å². The molecule has 2 N–H and O–H groups in total. The van der Waals surface area contributed by atoms with E-state index in [-0.39, 0.29) is 5.82 Å². The molecule has 0 aliphatic rings. The van der Waals surface area contributed by atoms with E-state index in [1.54, 1.807) is 23.5 Å². The Kier molecular flexibility index (Phi) is 5.16. The molecule has 0 aliphatic carbocycles. The monoisotopic (exact) mass is 288 g/mol. The lowest BCUT2D eigenvalue weighted by Gasteiger charge is -2.22. The van der Waals surface area contributed by atoms with Gasteiger partial charge in [0.2, 0.25) is 0 Å². The highest BCUT2D eigenvalue weighted by Gasteiger charge is 2.07. The standard InChI is InChI=1S/C16H17FN2S/c1-2-19(15-7-3-6-14(17)10-15)11-16-9-13(12-20-16)5-4-8-18/h3,6-7,9-10,12H,2,8,11,18H2,1H3. The lowest BCUT2D eigenvalue weighted by atomic mass is 10.2. The van der Waals surface area contributed by atoms with Crippen molar-refractivity contribution in [3.63, 3.8) is 0 Å². The van der Waals surface area contributed by atoms with Crippen LogP contribution in [0.3, 0.4) is 0 Å². The molecule has 2 nitrogen and oxygen atoms in total. The third-order valence-corrected chi connectivity index (χ3v) is 3.81. The lowest BCUT2D eigenvalue weighted by Crippen LogP contribution is -2.21. The van der Waals surface area contributed by atoms with Crippen molar-refractivity contribution in [2.75, 3.05) is 18.0 Å². The third kappa shape index (κ3) is 3.83. The van der Waals surface area contributed by atoms with Gasteiger partial charge in [-0.1, -0.05) is 17.9 Å². The predicted octanol–water partition coefficient (Wildman–Crippen LogP) is 3.22. The van der Waals surface area contributed by atoms with Gasteiger partial charge >= 0.3 is 0 Å². The fourth-order valence-corrected chi connectivity index (χ4v) is 2.76. The molecule has 1 aromatic carbocycles. The summed E-state index contributed by atoms with van der Waals surface area (Å²) in [7, 11) is 0. The van der Waals surface area contributed by atoms with Crippen molar-refractivity contribution in [3.8, 4) is 11.8 Å². The summed E-state index contributed by atoms with van der Waals surface area (Å²) in [6.07, 6.45) is 0. The second-order valence-electron chi connectivity index (χ2n) is 4.30. The summed E-state index contributed by atoms with van der Waals surface area (Å²) in [6, 6.07) is 8.75. The molecule has 20 heavy (non-hydrogen) atoms. The molecule has 0 bridgehead atoms. The Bertz CT molecular complexity index is 625. The van der Waals surface area contributed by atoms with E-state index >= 15 is 0 Å². The van der Waals surface area contributed by atoms with E-state index in [1.165, 1.54) is 10.9 Å². The largest absolute Gasteiger partial charge is 0.367 e. The minimum absolute atomic E-state index is 0.207. The van der Waals surface area contributed by atoms with Gasteiger partial charge in [0.25, 0.3) is 0 Å². The summed E-state index contributed by atoms with van der Waals surface area (Å²) in [5.74, 6) is 5.66. The molecule has 104 valence electrons. The second kappa shape index (κ2) is 7.09. The molecule has 4 heteroatoms. The first-order chi connectivity index (χ1) is 9.72. The SMILES string of the molecule is CCN(Cc1cc(C#CCN)cs1)c1cccc(F)c1. The zero-order valence-corrected chi connectivity index (χ0v) is 12.2. The van der Waals surface area contributed by atoms with Crippen LogP contribution in [0.25, 0.3) is 0 Å². The van der Waals surface area contributed by atoms with Gasteiger partial charge < -0.3 is 10.6 Å². The highest BCUT2D eigenvalue weighted by molar-refractivity contribution is 7.10. The Labute approximate surface area is 123 Å². The van der Waals surface area contributed by atoms with Crippen LogP contribution in [-0.2, 0) is 6.54 Å². The number of halogens is 1. The van der Waals surface area contributed by atoms with E-state index in [4.69, 9.17) is 5.73 Å². The van der Waals surface area contributed by atoms with Crippen LogP contribution in [0.15, 0.2) is 35.7 Å². The van der Waals surface area contributed by atoms with E-state index in [2.05, 4.69) is 29.7 Å². The minimum atomic E-state index is -0.207. The van der Waals surface area contributed by atoms with E-state index in [0.717, 1.165) is 24.3 Å². The van der Waals surface area contributed by atoms with Crippen LogP contribution in [0.5, 0.6) is 0 Å². The fourth-order valence-electron chi connectivity index (χ4n) is 1.93. The molecule has 0 saturated carbocycles. The van der Waals surface area contributed by atoms with Crippen molar-refractivity contribution in [1.82, 2.24) is 0 Å². The van der Waals surface area contributed by atoms with Crippen LogP contribution in [0.1, 0.15) is 17.4 Å². The van der Waals surface area contributed by atoms with Gasteiger partial charge in [-0.25, -0.2) is 4.39 Å². The first-order valence-electron chi connectivity index (χ1n) is 6.49. The molecule has 0 radical (unpaired) electrons. The Morgan fingerprint density at radius 3 is 2.90 bits per heavy atom. The Morgan fingerprint density at radius 2 is 2.20 bits per heavy atom. The van der Waals surface area contributed by atoms with Crippen LogP contribution < -0.4 is 10.6 Å². The van der Waals surface area contributed by atoms with Crippen LogP contribution in [0, 0.1) is 17.7 Å². The number of anilines is 1. The average molecular weight is 288 g/mol. The van der Waals surface area contributed by atoms with Gasteiger partial charge in [-0.15, -0.1) is 11.3 Å². The van der Waals surface area contributed by atoms with Gasteiger partial charge in [0.1, 0.15) is 5.82 Å². The zero-order chi connectivity index (χ0) is 14.4. The quantitative estimate of drug-likeness (QED) is 0.875. The van der Waals surface area contributed by atoms with Gasteiger partial charge in [0.05, 0.1) is 13.1 Å². The molecular formula is C16H17FN2S. The molecule has 0 aliphatic heterocycles. The van der Waals surface area contributed by atoms with E-state index in [1.807, 2.05) is 11.4 Å². The van der Waals surface area contributed by atoms with E-state index < -0.39 is 0 Å². The smallest absolute Gasteiger partial charge is 0.125 e. The van der Waals surface area contributed by atoms with Crippen molar-refractivity contribution in [1.29, 1.82) is 0 Å². The van der Waals surface area contributed by atoms with Crippen molar-refractivity contribution in [2.45, 2.75) is 13.5 Å². The average Bonchev–Trinajstić information content (AvgIpc) is 2.90. The zero-order valence-electron chi connectivity index (χ0n) is 11.4. The van der Waals surface area contributed by atoms with Crippen LogP contribution in [0.2, 0.25) is 0 Å². The van der Waals surface area contributed by atoms with E-state index in [0.29, 0.717) is 6.54 Å². The number of benzene rings is 1. The molecule has 0 fully saturated rings. The number of nitrogens with two attached hydrogens (primary N) is 1. The highest BCUT2D eigenvalue weighted by Crippen LogP contribution is 2.21. The Morgan fingerprint density at radius 1 is 1.35 bits per heavy atom. The maximum atomic E-state index is 13.3. The van der Waals surface area contributed by atoms with Crippen LogP contribution >= 0.6 is 11.3 Å². The first kappa shape index (κ1) is 14.6. The molecule has 2 aromatic rings. The van der Waals surface area contributed by atoms with Crippen molar-refractivity contribution >= 4 is 17.0 Å². The number of nitrogens with zero attached hydrogens (tertiary/aromatic N) is 1. The molecular weight excluding hydrogens is 271 g/mol. The number of rotatable bonds is 4. The normalized spacial score (nSPS) is 9.95. The summed E-state index contributed by atoms with van der Waals surface area (Å²) in [5.41, 5.74) is 7.25. The topological polar surface area (TPSA) is 29.3 Å². The van der Waals surface area contributed by atoms with Gasteiger partial charge in [-0.2, -0.15) is 0 Å². The molecule has 1 aromatic heterocycles. The van der Waals surface area contributed by atoms with Crippen molar-refractivity contribution in [3.05, 3.63) is 52.0 Å². The van der Waals surface area contributed by atoms with Gasteiger partial charge in [-0.3, -0.25) is 0 Å². The van der Waals surface area contributed by atoms with Gasteiger partial charge in [0, 0.05) is 28.1 Å². The van der Waals surface area contributed by atoms with Crippen LogP contribution in [-0.4, -0.2) is 13.1 Å². The molecule has 2 rings (SSSR count). The lowest BCUT2D eigenvalue weighted by molar-refractivity contribution is 0.626. The van der Waals surface area contributed by atoms with Crippen molar-refractivity contribution < 1.29 is 4.39 Å². The minimum Gasteiger partial charge on any atom is -0.367 e. The number of thiophene rings is 1. The molecule has 1 heterocycles. The van der Waals surface area contributed by atoms with E-state index in [9.17, 15) is 4.39 Å². The Balaban J connectivity index is 2.12. The second-order valence-corrected chi connectivity index (χ2v) is 5.30. The molecule has 0 amide bonds. The number of hydrogen-bond donors (Lipinski definition) is 1. The maximum absolute atomic E-state index is 13.3. The summed E-state index contributed by atoms with van der Waals surface area (Å²) in [4.78, 5) is 3.34. The summed E-state index contributed by atoms with van der Waals surface area (Å²) < 4.78 is 13.3. The molecule has 0 atom stereocenters. The highest BCUT2D eigenvalue weighted by atomic mass is 32.1. The van der Waals surface area contributed by atoms with Gasteiger partial charge in [-0.05, 0) is 31.2 Å². The maximum Gasteiger partial charge on any atom is 0.125 e. The first-order valence-corrected chi connectivity index (χ1v) is 7.37. The number of hydrogen-bond acceptors (Lipinski definition) is 3. The third-order valence-electron chi connectivity index (χ3n) is 2.89. The molecule has 0 saturated heterocycles. The summed E-state index contributed by atoms with van der Waals surface area (Å²) >= 11 is 1.66. The molecule has 0 spiro atoms. The Hall–Kier alpha value is -1.83. The fraction of sp³-hybridized carbons (Fsp3) is 0.250.